The van der Waals surface area contributed by atoms with Gasteiger partial charge in [0.25, 0.3) is 0 Å². The number of ether oxygens (including phenoxy) is 1. The molecule has 0 spiro atoms. The molecule has 0 aromatic carbocycles. The van der Waals surface area contributed by atoms with Crippen LogP contribution in [0.4, 0.5) is 0 Å². The zero-order chi connectivity index (χ0) is 17.9. The van der Waals surface area contributed by atoms with Gasteiger partial charge in [0.05, 0.1) is 12.8 Å². The summed E-state index contributed by atoms with van der Waals surface area (Å²) in [6.45, 7) is 4.88. The number of aryl methyl sites for hydroxylation is 1. The molecule has 0 fully saturated rings. The Morgan fingerprint density at radius 3 is 2.00 bits per heavy atom. The highest BCUT2D eigenvalue weighted by atomic mass is 16.6. The van der Waals surface area contributed by atoms with Crippen molar-refractivity contribution in [3.63, 3.8) is 0 Å². The van der Waals surface area contributed by atoms with Gasteiger partial charge in [-0.3, -0.25) is 9.59 Å². The second-order valence-electron chi connectivity index (χ2n) is 5.08. The zero-order valence-electron chi connectivity index (χ0n) is 12.7. The first-order valence-corrected chi connectivity index (χ1v) is 6.47. The van der Waals surface area contributed by atoms with E-state index in [0.29, 0.717) is 16.9 Å². The molecule has 23 heavy (non-hydrogen) atoms. The van der Waals surface area contributed by atoms with E-state index in [0.717, 1.165) is 0 Å². The van der Waals surface area contributed by atoms with Gasteiger partial charge in [-0.2, -0.15) is 0 Å². The summed E-state index contributed by atoms with van der Waals surface area (Å²) in [4.78, 5) is 45.0. The number of carbonyl (C=O) groups is 4. The van der Waals surface area contributed by atoms with Crippen molar-refractivity contribution >= 4 is 23.9 Å². The maximum Gasteiger partial charge on any atom is 0.382 e. The lowest BCUT2D eigenvalue weighted by Crippen LogP contribution is -2.43. The van der Waals surface area contributed by atoms with E-state index in [2.05, 4.69) is 4.74 Å². The van der Waals surface area contributed by atoms with Crippen LogP contribution >= 0.6 is 0 Å². The first-order valence-electron chi connectivity index (χ1n) is 6.47. The van der Waals surface area contributed by atoms with Crippen LogP contribution in [0.5, 0.6) is 0 Å². The van der Waals surface area contributed by atoms with Crippen LogP contribution in [-0.2, 0) is 19.1 Å². The Morgan fingerprint density at radius 2 is 1.61 bits per heavy atom. The second-order valence-corrected chi connectivity index (χ2v) is 5.08. The SMILES string of the molecule is Cc1oc(C(=O)OC(=O)CC(O)(CC(=O)O)C(=O)O)c(C)c1C. The standard InChI is InChI=1S/C14H16O9/c1-6-7(2)11(22-8(6)3)12(18)23-10(17)5-14(21,13(19)20)4-9(15)16/h21H,4-5H2,1-3H3,(H,15,16)(H,19,20). The van der Waals surface area contributed by atoms with Crippen molar-refractivity contribution in [3.8, 4) is 0 Å². The Hall–Kier alpha value is -2.68. The molecule has 126 valence electrons. The summed E-state index contributed by atoms with van der Waals surface area (Å²) in [6, 6.07) is 0. The van der Waals surface area contributed by atoms with Gasteiger partial charge in [-0.25, -0.2) is 9.59 Å². The molecule has 0 amide bonds. The van der Waals surface area contributed by atoms with Crippen LogP contribution in [0.3, 0.4) is 0 Å². The monoisotopic (exact) mass is 328 g/mol. The van der Waals surface area contributed by atoms with Gasteiger partial charge in [0.2, 0.25) is 5.76 Å². The number of hydrogen-bond donors (Lipinski definition) is 3. The van der Waals surface area contributed by atoms with Gasteiger partial charge in [0.1, 0.15) is 5.76 Å². The molecule has 0 radical (unpaired) electrons. The van der Waals surface area contributed by atoms with Crippen LogP contribution in [0.1, 0.15) is 40.3 Å². The number of carboxylic acids is 2. The minimum Gasteiger partial charge on any atom is -0.481 e. The van der Waals surface area contributed by atoms with Gasteiger partial charge in [-0.15, -0.1) is 0 Å². The van der Waals surface area contributed by atoms with Crippen LogP contribution < -0.4 is 0 Å². The molecule has 1 atom stereocenters. The van der Waals surface area contributed by atoms with Crippen LogP contribution in [0.2, 0.25) is 0 Å². The van der Waals surface area contributed by atoms with Crippen molar-refractivity contribution in [2.45, 2.75) is 39.2 Å². The third-order valence-electron chi connectivity index (χ3n) is 3.36. The fraction of sp³-hybridized carbons (Fsp3) is 0.429. The molecule has 0 saturated heterocycles. The fourth-order valence-electron chi connectivity index (χ4n) is 1.82. The number of rotatable bonds is 6. The first kappa shape index (κ1) is 18.4. The topological polar surface area (TPSA) is 151 Å². The van der Waals surface area contributed by atoms with Gasteiger partial charge >= 0.3 is 23.9 Å². The average Bonchev–Trinajstić information content (AvgIpc) is 2.65. The van der Waals surface area contributed by atoms with Crippen molar-refractivity contribution in [1.82, 2.24) is 0 Å². The summed E-state index contributed by atoms with van der Waals surface area (Å²) in [5.41, 5.74) is -1.72. The van der Waals surface area contributed by atoms with Crippen molar-refractivity contribution in [1.29, 1.82) is 0 Å². The Balaban J connectivity index is 2.86. The molecule has 0 saturated carbocycles. The van der Waals surface area contributed by atoms with Gasteiger partial charge < -0.3 is 24.5 Å². The van der Waals surface area contributed by atoms with Crippen LogP contribution in [0.15, 0.2) is 4.42 Å². The molecule has 1 heterocycles. The largest absolute Gasteiger partial charge is 0.481 e. The van der Waals surface area contributed by atoms with E-state index < -0.39 is 42.3 Å². The number of hydrogen-bond acceptors (Lipinski definition) is 7. The number of carbonyl (C=O) groups excluding carboxylic acids is 2. The van der Waals surface area contributed by atoms with Gasteiger partial charge in [-0.05, 0) is 26.3 Å². The summed E-state index contributed by atoms with van der Waals surface area (Å²) in [6.07, 6.45) is -2.41. The van der Waals surface area contributed by atoms with E-state index in [1.807, 2.05) is 0 Å². The summed E-state index contributed by atoms with van der Waals surface area (Å²) >= 11 is 0. The highest BCUT2D eigenvalue weighted by molar-refractivity contribution is 5.98. The van der Waals surface area contributed by atoms with E-state index in [4.69, 9.17) is 14.6 Å². The lowest BCUT2D eigenvalue weighted by atomic mass is 9.96. The lowest BCUT2D eigenvalue weighted by Gasteiger charge is -2.19. The summed E-state index contributed by atoms with van der Waals surface area (Å²) < 4.78 is 9.58. The highest BCUT2D eigenvalue weighted by Crippen LogP contribution is 2.22. The molecule has 9 nitrogen and oxygen atoms in total. The van der Waals surface area contributed by atoms with E-state index in [9.17, 15) is 24.3 Å². The Morgan fingerprint density at radius 1 is 1.04 bits per heavy atom. The number of aliphatic carboxylic acids is 2. The fourth-order valence-corrected chi connectivity index (χ4v) is 1.82. The molecule has 1 aromatic rings. The van der Waals surface area contributed by atoms with E-state index in [1.165, 1.54) is 0 Å². The molecule has 0 aliphatic heterocycles. The number of carboxylic acid groups (broad SMARTS) is 2. The van der Waals surface area contributed by atoms with Crippen molar-refractivity contribution < 1.29 is 43.7 Å². The van der Waals surface area contributed by atoms with Gasteiger partial charge in [-0.1, -0.05) is 0 Å². The van der Waals surface area contributed by atoms with Crippen LogP contribution in [0, 0.1) is 20.8 Å². The molecule has 1 aromatic heterocycles. The maximum atomic E-state index is 11.8. The lowest BCUT2D eigenvalue weighted by molar-refractivity contribution is -0.170. The van der Waals surface area contributed by atoms with Crippen LogP contribution in [0.25, 0.3) is 0 Å². The summed E-state index contributed by atoms with van der Waals surface area (Å²) in [7, 11) is 0. The normalized spacial score (nSPS) is 13.2. The molecule has 9 heteroatoms. The molecule has 0 bridgehead atoms. The smallest absolute Gasteiger partial charge is 0.382 e. The Bertz CT molecular complexity index is 670. The average molecular weight is 328 g/mol. The van der Waals surface area contributed by atoms with E-state index in [1.54, 1.807) is 20.8 Å². The number of aliphatic hydroxyl groups is 1. The summed E-state index contributed by atoms with van der Waals surface area (Å²) in [5.74, 6) is -5.83. The van der Waals surface area contributed by atoms with Crippen molar-refractivity contribution in [2.24, 2.45) is 0 Å². The van der Waals surface area contributed by atoms with Crippen molar-refractivity contribution in [3.05, 3.63) is 22.6 Å². The maximum absolute atomic E-state index is 11.8. The molecule has 3 N–H and O–H groups in total. The molecule has 1 rings (SSSR count). The number of furan rings is 1. The molecule has 0 aliphatic rings. The Kier molecular flexibility index (Phi) is 5.28. The van der Waals surface area contributed by atoms with Gasteiger partial charge in [0.15, 0.2) is 5.60 Å². The zero-order valence-corrected chi connectivity index (χ0v) is 12.7. The van der Waals surface area contributed by atoms with Gasteiger partial charge in [0, 0.05) is 5.56 Å². The molecule has 0 aliphatic carbocycles. The highest BCUT2D eigenvalue weighted by Gasteiger charge is 2.42. The molecule has 1 unspecified atom stereocenters. The molecular formula is C14H16O9. The minimum absolute atomic E-state index is 0.217. The van der Waals surface area contributed by atoms with Crippen molar-refractivity contribution in [2.75, 3.05) is 0 Å². The third-order valence-corrected chi connectivity index (χ3v) is 3.36. The Labute approximate surface area is 130 Å². The number of esters is 2. The first-order chi connectivity index (χ1) is 10.5. The third kappa shape index (κ3) is 4.16. The minimum atomic E-state index is -2.87. The predicted octanol–water partition coefficient (Wildman–Crippen LogP) is 0.569. The molecular weight excluding hydrogens is 312 g/mol. The van der Waals surface area contributed by atoms with E-state index >= 15 is 0 Å². The summed E-state index contributed by atoms with van der Waals surface area (Å²) in [5, 5.41) is 27.1. The predicted molar refractivity (Wildman–Crippen MR) is 72.8 cm³/mol. The van der Waals surface area contributed by atoms with Crippen LogP contribution in [-0.4, -0.2) is 44.8 Å². The second kappa shape index (κ2) is 6.61. The van der Waals surface area contributed by atoms with E-state index in [-0.39, 0.29) is 5.76 Å². The quantitative estimate of drug-likeness (QED) is 0.502.